The summed E-state index contributed by atoms with van der Waals surface area (Å²) >= 11 is 19.0. The molecule has 5 nitrogen and oxygen atoms in total. The fraction of sp³-hybridized carbons (Fsp3) is 0.407. The van der Waals surface area contributed by atoms with E-state index in [4.69, 9.17) is 39.8 Å². The Bertz CT molecular complexity index is 1170. The van der Waals surface area contributed by atoms with Crippen molar-refractivity contribution in [2.75, 3.05) is 20.1 Å². The largest absolute Gasteiger partial charge is 0.348 e. The SMILES string of the molecule is CCN(C)CCc1c(C(=O)NC2CCCCC2)nc(-c2ccc(Cl)cc2Cl)n1-c1ccc(Cl)cc1. The van der Waals surface area contributed by atoms with Crippen LogP contribution in [0.2, 0.25) is 15.1 Å². The first-order valence-corrected chi connectivity index (χ1v) is 13.3. The van der Waals surface area contributed by atoms with Crippen molar-refractivity contribution in [3.8, 4) is 17.1 Å². The van der Waals surface area contributed by atoms with Gasteiger partial charge in [0.25, 0.3) is 5.91 Å². The van der Waals surface area contributed by atoms with Crippen molar-refractivity contribution in [1.29, 1.82) is 0 Å². The number of halogens is 3. The minimum atomic E-state index is -0.134. The van der Waals surface area contributed by atoms with Gasteiger partial charge >= 0.3 is 0 Å². The molecule has 2 aromatic carbocycles. The standard InChI is InChI=1S/C27H31Cl3N4O/c1-3-33(2)16-15-24-25(27(35)31-20-7-5-4-6-8-20)32-26(22-14-11-19(29)17-23(22)30)34(24)21-12-9-18(28)10-13-21/h9-14,17,20H,3-8,15-16H2,1-2H3,(H,31,35). The van der Waals surface area contributed by atoms with Crippen LogP contribution in [0.1, 0.15) is 55.2 Å². The lowest BCUT2D eigenvalue weighted by molar-refractivity contribution is 0.0922. The van der Waals surface area contributed by atoms with E-state index in [1.54, 1.807) is 12.1 Å². The number of imidazole rings is 1. The topological polar surface area (TPSA) is 50.2 Å². The van der Waals surface area contributed by atoms with Gasteiger partial charge in [-0.05, 0) is 68.9 Å². The molecular weight excluding hydrogens is 503 g/mol. The molecule has 0 radical (unpaired) electrons. The van der Waals surface area contributed by atoms with Crippen LogP contribution in [-0.4, -0.2) is 46.5 Å². The lowest BCUT2D eigenvalue weighted by atomic mass is 9.95. The zero-order valence-corrected chi connectivity index (χ0v) is 22.4. The van der Waals surface area contributed by atoms with E-state index in [0.717, 1.165) is 50.2 Å². The molecule has 0 bridgehead atoms. The lowest BCUT2D eigenvalue weighted by Gasteiger charge is -2.22. The van der Waals surface area contributed by atoms with Gasteiger partial charge in [0.1, 0.15) is 5.82 Å². The number of aromatic nitrogens is 2. The Morgan fingerprint density at radius 1 is 1.06 bits per heavy atom. The fourth-order valence-corrected chi connectivity index (χ4v) is 5.16. The Balaban J connectivity index is 1.86. The van der Waals surface area contributed by atoms with Crippen molar-refractivity contribution < 1.29 is 4.79 Å². The van der Waals surface area contributed by atoms with Gasteiger partial charge in [0, 0.05) is 40.3 Å². The lowest BCUT2D eigenvalue weighted by Crippen LogP contribution is -2.37. The Kier molecular flexibility index (Phi) is 8.77. The van der Waals surface area contributed by atoms with E-state index in [2.05, 4.69) is 24.2 Å². The van der Waals surface area contributed by atoms with Gasteiger partial charge in [-0.1, -0.05) is 61.0 Å². The molecule has 1 fully saturated rings. The van der Waals surface area contributed by atoms with Gasteiger partial charge in [-0.25, -0.2) is 4.98 Å². The third kappa shape index (κ3) is 6.21. The van der Waals surface area contributed by atoms with Gasteiger partial charge in [-0.3, -0.25) is 9.36 Å². The molecule has 0 aliphatic heterocycles. The molecule has 186 valence electrons. The minimum absolute atomic E-state index is 0.134. The minimum Gasteiger partial charge on any atom is -0.348 e. The maximum atomic E-state index is 13.6. The molecule has 1 amide bonds. The molecule has 1 aliphatic rings. The highest BCUT2D eigenvalue weighted by Crippen LogP contribution is 2.34. The van der Waals surface area contributed by atoms with Crippen LogP contribution in [-0.2, 0) is 6.42 Å². The number of likely N-dealkylation sites (N-methyl/N-ethyl adjacent to an activating group) is 1. The second-order valence-corrected chi connectivity index (χ2v) is 10.4. The van der Waals surface area contributed by atoms with Gasteiger partial charge in [0.2, 0.25) is 0 Å². The van der Waals surface area contributed by atoms with Crippen LogP contribution in [0.5, 0.6) is 0 Å². The number of benzene rings is 2. The molecule has 4 rings (SSSR count). The van der Waals surface area contributed by atoms with Crippen LogP contribution in [0.3, 0.4) is 0 Å². The van der Waals surface area contributed by atoms with E-state index in [9.17, 15) is 4.79 Å². The normalized spacial score (nSPS) is 14.5. The summed E-state index contributed by atoms with van der Waals surface area (Å²) in [6.45, 7) is 3.81. The molecular formula is C27H31Cl3N4O. The molecule has 8 heteroatoms. The summed E-state index contributed by atoms with van der Waals surface area (Å²) in [5.74, 6) is 0.474. The third-order valence-corrected chi connectivity index (χ3v) is 7.46. The van der Waals surface area contributed by atoms with Crippen molar-refractivity contribution in [2.45, 2.75) is 51.5 Å². The number of nitrogens with zero attached hydrogens (tertiary/aromatic N) is 3. The molecule has 0 unspecified atom stereocenters. The number of carbonyl (C=O) groups is 1. The molecule has 1 N–H and O–H groups in total. The zero-order valence-electron chi connectivity index (χ0n) is 20.2. The quantitative estimate of drug-likeness (QED) is 0.337. The van der Waals surface area contributed by atoms with E-state index >= 15 is 0 Å². The Morgan fingerprint density at radius 3 is 2.40 bits per heavy atom. The summed E-state index contributed by atoms with van der Waals surface area (Å²) < 4.78 is 2.03. The Hall–Kier alpha value is -2.05. The highest BCUT2D eigenvalue weighted by molar-refractivity contribution is 6.36. The van der Waals surface area contributed by atoms with Crippen LogP contribution in [0.4, 0.5) is 0 Å². The summed E-state index contributed by atoms with van der Waals surface area (Å²) in [7, 11) is 2.07. The van der Waals surface area contributed by atoms with Crippen LogP contribution < -0.4 is 5.32 Å². The predicted octanol–water partition coefficient (Wildman–Crippen LogP) is 7.06. The van der Waals surface area contributed by atoms with E-state index < -0.39 is 0 Å². The van der Waals surface area contributed by atoms with E-state index in [1.807, 2.05) is 34.9 Å². The highest BCUT2D eigenvalue weighted by atomic mass is 35.5. The van der Waals surface area contributed by atoms with Crippen LogP contribution in [0, 0.1) is 0 Å². The van der Waals surface area contributed by atoms with E-state index in [0.29, 0.717) is 38.6 Å². The van der Waals surface area contributed by atoms with Crippen molar-refractivity contribution in [2.24, 2.45) is 0 Å². The predicted molar refractivity (Wildman–Crippen MR) is 145 cm³/mol. The molecule has 1 heterocycles. The number of hydrogen-bond acceptors (Lipinski definition) is 3. The van der Waals surface area contributed by atoms with Crippen molar-refractivity contribution >= 4 is 40.7 Å². The average Bonchev–Trinajstić information content (AvgIpc) is 3.23. The maximum Gasteiger partial charge on any atom is 0.272 e. The Morgan fingerprint density at radius 2 is 1.74 bits per heavy atom. The monoisotopic (exact) mass is 532 g/mol. The van der Waals surface area contributed by atoms with Gasteiger partial charge in [-0.15, -0.1) is 0 Å². The molecule has 0 spiro atoms. The number of rotatable bonds is 8. The second kappa shape index (κ2) is 11.8. The average molecular weight is 534 g/mol. The molecule has 1 aliphatic carbocycles. The molecule has 0 saturated heterocycles. The summed E-state index contributed by atoms with van der Waals surface area (Å²) in [5.41, 5.74) is 2.87. The first kappa shape index (κ1) is 26.0. The van der Waals surface area contributed by atoms with Crippen LogP contribution in [0.15, 0.2) is 42.5 Å². The number of carbonyl (C=O) groups excluding carboxylic acids is 1. The van der Waals surface area contributed by atoms with Crippen molar-refractivity contribution in [1.82, 2.24) is 19.8 Å². The van der Waals surface area contributed by atoms with Crippen LogP contribution in [0.25, 0.3) is 17.1 Å². The summed E-state index contributed by atoms with van der Waals surface area (Å²) in [6, 6.07) is 13.1. The van der Waals surface area contributed by atoms with E-state index in [1.165, 1.54) is 6.42 Å². The first-order valence-electron chi connectivity index (χ1n) is 12.2. The fourth-order valence-electron chi connectivity index (χ4n) is 4.54. The maximum absolute atomic E-state index is 13.6. The third-order valence-electron chi connectivity index (χ3n) is 6.66. The molecule has 35 heavy (non-hydrogen) atoms. The van der Waals surface area contributed by atoms with Gasteiger partial charge in [-0.2, -0.15) is 0 Å². The number of hydrogen-bond donors (Lipinski definition) is 1. The Labute approximate surface area is 222 Å². The molecule has 1 aromatic heterocycles. The van der Waals surface area contributed by atoms with Gasteiger partial charge in [0.15, 0.2) is 5.69 Å². The second-order valence-electron chi connectivity index (χ2n) is 9.12. The molecule has 0 atom stereocenters. The molecule has 3 aromatic rings. The van der Waals surface area contributed by atoms with E-state index in [-0.39, 0.29) is 11.9 Å². The first-order chi connectivity index (χ1) is 16.9. The molecule has 1 saturated carbocycles. The zero-order chi connectivity index (χ0) is 24.9. The highest BCUT2D eigenvalue weighted by Gasteiger charge is 2.27. The number of nitrogens with one attached hydrogen (secondary N) is 1. The number of amides is 1. The summed E-state index contributed by atoms with van der Waals surface area (Å²) in [4.78, 5) is 20.7. The van der Waals surface area contributed by atoms with Crippen LogP contribution >= 0.6 is 34.8 Å². The summed E-state index contributed by atoms with van der Waals surface area (Å²) in [6.07, 6.45) is 6.18. The smallest absolute Gasteiger partial charge is 0.272 e. The van der Waals surface area contributed by atoms with Gasteiger partial charge < -0.3 is 10.2 Å². The summed E-state index contributed by atoms with van der Waals surface area (Å²) in [5, 5.41) is 4.92. The van der Waals surface area contributed by atoms with Crippen molar-refractivity contribution in [3.05, 3.63) is 68.9 Å². The van der Waals surface area contributed by atoms with Gasteiger partial charge in [0.05, 0.1) is 10.7 Å². The van der Waals surface area contributed by atoms with Crippen molar-refractivity contribution in [3.63, 3.8) is 0 Å².